The number of H-pyrrole nitrogens is 1. The molecule has 0 saturated carbocycles. The molecule has 11 nitrogen and oxygen atoms in total. The lowest BCUT2D eigenvalue weighted by Gasteiger charge is -2.38. The van der Waals surface area contributed by atoms with E-state index in [1.165, 1.54) is 0 Å². The molecule has 0 spiro atoms. The van der Waals surface area contributed by atoms with Gasteiger partial charge in [-0.05, 0) is 39.2 Å². The zero-order chi connectivity index (χ0) is 25.6. The lowest BCUT2D eigenvalue weighted by atomic mass is 10.1. The zero-order valence-corrected chi connectivity index (χ0v) is 21.1. The summed E-state index contributed by atoms with van der Waals surface area (Å²) in [7, 11) is 4.01. The van der Waals surface area contributed by atoms with Crippen molar-refractivity contribution in [3.8, 4) is 11.4 Å². The number of likely N-dealkylation sites (tertiary alicyclic amines) is 1. The van der Waals surface area contributed by atoms with Crippen LogP contribution in [-0.2, 0) is 11.3 Å². The molecule has 0 bridgehead atoms. The van der Waals surface area contributed by atoms with Crippen LogP contribution in [0.3, 0.4) is 0 Å². The second-order valence-corrected chi connectivity index (χ2v) is 9.83. The quantitative estimate of drug-likeness (QED) is 0.343. The van der Waals surface area contributed by atoms with Crippen molar-refractivity contribution in [2.24, 2.45) is 5.73 Å². The summed E-state index contributed by atoms with van der Waals surface area (Å²) in [6.07, 6.45) is 3.18. The minimum Gasteiger partial charge on any atom is -0.344 e. The molecule has 4 N–H and O–H groups in total. The van der Waals surface area contributed by atoms with Crippen molar-refractivity contribution in [2.45, 2.75) is 25.6 Å². The molecule has 1 saturated heterocycles. The topological polar surface area (TPSA) is 138 Å². The van der Waals surface area contributed by atoms with Crippen molar-refractivity contribution in [3.63, 3.8) is 0 Å². The summed E-state index contributed by atoms with van der Waals surface area (Å²) in [5.41, 5.74) is 9.02. The number of nitrogens with zero attached hydrogens (tertiary/aromatic N) is 6. The van der Waals surface area contributed by atoms with E-state index in [1.54, 1.807) is 24.2 Å². The van der Waals surface area contributed by atoms with E-state index in [2.05, 4.69) is 20.2 Å². The van der Waals surface area contributed by atoms with Gasteiger partial charge in [-0.1, -0.05) is 11.6 Å². The van der Waals surface area contributed by atoms with Crippen LogP contribution in [-0.4, -0.2) is 92.2 Å². The predicted molar refractivity (Wildman–Crippen MR) is 138 cm³/mol. The van der Waals surface area contributed by atoms with E-state index in [4.69, 9.17) is 27.4 Å². The molecule has 1 fully saturated rings. The Labute approximate surface area is 212 Å². The molecule has 2 amide bonds. The lowest BCUT2D eigenvalue weighted by Crippen LogP contribution is -2.61. The summed E-state index contributed by atoms with van der Waals surface area (Å²) in [6.45, 7) is 4.14. The van der Waals surface area contributed by atoms with Crippen LogP contribution in [0.5, 0.6) is 0 Å². The number of nitrogens with two attached hydrogens (primary N) is 1. The number of aromatic amines is 1. The first-order valence-electron chi connectivity index (χ1n) is 11.7. The van der Waals surface area contributed by atoms with Crippen LogP contribution < -0.4 is 11.1 Å². The summed E-state index contributed by atoms with van der Waals surface area (Å²) >= 11 is 6.27. The van der Waals surface area contributed by atoms with Crippen molar-refractivity contribution in [2.75, 3.05) is 33.7 Å². The summed E-state index contributed by atoms with van der Waals surface area (Å²) in [4.78, 5) is 41.5. The fraction of sp³-hybridized carbons (Fsp3) is 0.375. The van der Waals surface area contributed by atoms with Crippen LogP contribution in [0.1, 0.15) is 17.3 Å². The SMILES string of the molecule is C[C@@H](NC(=O)c1c[nH]c2ncc(-c3nn(CCN(C)C)c4cc(Cl)ccc34)nc12)C(=O)N1CC(N)C1. The predicted octanol–water partition coefficient (Wildman–Crippen LogP) is 1.48. The average Bonchev–Trinajstić information content (AvgIpc) is 3.41. The Hall–Kier alpha value is -3.54. The van der Waals surface area contributed by atoms with Gasteiger partial charge < -0.3 is 25.8 Å². The molecule has 0 radical (unpaired) electrons. The van der Waals surface area contributed by atoms with Gasteiger partial charge in [0, 0.05) is 42.3 Å². The molecule has 3 aromatic heterocycles. The maximum atomic E-state index is 13.0. The van der Waals surface area contributed by atoms with Gasteiger partial charge in [-0.15, -0.1) is 0 Å². The number of benzene rings is 1. The van der Waals surface area contributed by atoms with Gasteiger partial charge in [-0.25, -0.2) is 9.97 Å². The van der Waals surface area contributed by atoms with Gasteiger partial charge in [0.2, 0.25) is 5.91 Å². The second-order valence-electron chi connectivity index (χ2n) is 9.39. The monoisotopic (exact) mass is 509 g/mol. The Bertz CT molecular complexity index is 1450. The van der Waals surface area contributed by atoms with E-state index in [0.29, 0.717) is 52.8 Å². The third kappa shape index (κ3) is 4.52. The molecule has 0 aliphatic carbocycles. The number of rotatable bonds is 7. The minimum atomic E-state index is -0.688. The van der Waals surface area contributed by atoms with Crippen LogP contribution in [0, 0.1) is 0 Å². The van der Waals surface area contributed by atoms with Crippen molar-refractivity contribution in [1.82, 2.24) is 39.8 Å². The summed E-state index contributed by atoms with van der Waals surface area (Å²) < 4.78 is 1.90. The smallest absolute Gasteiger partial charge is 0.255 e. The van der Waals surface area contributed by atoms with Crippen LogP contribution >= 0.6 is 11.6 Å². The summed E-state index contributed by atoms with van der Waals surface area (Å²) in [5.74, 6) is -0.573. The summed E-state index contributed by atoms with van der Waals surface area (Å²) in [5, 5.41) is 9.09. The number of carbonyl (C=O) groups is 2. The average molecular weight is 510 g/mol. The van der Waals surface area contributed by atoms with Gasteiger partial charge in [0.25, 0.3) is 5.91 Å². The molecule has 188 valence electrons. The van der Waals surface area contributed by atoms with Gasteiger partial charge in [-0.3, -0.25) is 14.3 Å². The molecule has 4 aromatic rings. The summed E-state index contributed by atoms with van der Waals surface area (Å²) in [6, 6.07) is 4.92. The number of aromatic nitrogens is 5. The van der Waals surface area contributed by atoms with E-state index >= 15 is 0 Å². The standard InChI is InChI=1S/C24H28ClN9O2/c1-13(24(36)33-11-15(26)12-33)29-23(35)17-9-27-22-21(17)30-18(10-28-22)20-16-5-4-14(25)8-19(16)34(31-20)7-6-32(2)3/h4-5,8-10,13,15H,6-7,11-12,26H2,1-3H3,(H,27,28)(H,29,35)/t13-/m1/s1. The van der Waals surface area contributed by atoms with Crippen molar-refractivity contribution >= 4 is 45.5 Å². The number of amides is 2. The largest absolute Gasteiger partial charge is 0.344 e. The van der Waals surface area contributed by atoms with Crippen LogP contribution in [0.4, 0.5) is 0 Å². The molecular formula is C24H28ClN9O2. The normalized spacial score (nSPS) is 15.0. The number of hydrogen-bond donors (Lipinski definition) is 3. The molecule has 5 rings (SSSR count). The number of nitrogens with one attached hydrogen (secondary N) is 2. The third-order valence-corrected chi connectivity index (χ3v) is 6.52. The fourth-order valence-corrected chi connectivity index (χ4v) is 4.45. The molecule has 1 aliphatic rings. The highest BCUT2D eigenvalue weighted by Crippen LogP contribution is 2.30. The number of likely N-dealkylation sites (N-methyl/N-ethyl adjacent to an activating group) is 1. The number of halogens is 1. The Morgan fingerprint density at radius 2 is 2.11 bits per heavy atom. The van der Waals surface area contributed by atoms with Crippen LogP contribution in [0.15, 0.2) is 30.6 Å². The maximum Gasteiger partial charge on any atom is 0.255 e. The highest BCUT2D eigenvalue weighted by atomic mass is 35.5. The Kier molecular flexibility index (Phi) is 6.37. The van der Waals surface area contributed by atoms with Crippen molar-refractivity contribution in [1.29, 1.82) is 0 Å². The lowest BCUT2D eigenvalue weighted by molar-refractivity contribution is -0.137. The first kappa shape index (κ1) is 24.2. The first-order valence-corrected chi connectivity index (χ1v) is 12.1. The van der Waals surface area contributed by atoms with E-state index in [-0.39, 0.29) is 11.9 Å². The van der Waals surface area contributed by atoms with Gasteiger partial charge in [0.1, 0.15) is 22.9 Å². The van der Waals surface area contributed by atoms with Crippen LogP contribution in [0.2, 0.25) is 5.02 Å². The van der Waals surface area contributed by atoms with E-state index in [9.17, 15) is 9.59 Å². The van der Waals surface area contributed by atoms with Crippen LogP contribution in [0.25, 0.3) is 33.5 Å². The zero-order valence-electron chi connectivity index (χ0n) is 20.3. The van der Waals surface area contributed by atoms with Gasteiger partial charge in [-0.2, -0.15) is 5.10 Å². The van der Waals surface area contributed by atoms with Gasteiger partial charge in [0.05, 0.1) is 23.8 Å². The number of fused-ring (bicyclic) bond motifs is 2. The van der Waals surface area contributed by atoms with E-state index < -0.39 is 11.9 Å². The molecule has 4 heterocycles. The molecule has 1 aromatic carbocycles. The second kappa shape index (κ2) is 9.49. The highest BCUT2D eigenvalue weighted by Gasteiger charge is 2.31. The molecule has 36 heavy (non-hydrogen) atoms. The molecular weight excluding hydrogens is 482 g/mol. The number of hydrogen-bond acceptors (Lipinski definition) is 7. The Morgan fingerprint density at radius 1 is 1.33 bits per heavy atom. The molecule has 12 heteroatoms. The maximum absolute atomic E-state index is 13.0. The minimum absolute atomic E-state index is 0.00220. The molecule has 1 atom stereocenters. The van der Waals surface area contributed by atoms with Gasteiger partial charge in [0.15, 0.2) is 5.65 Å². The van der Waals surface area contributed by atoms with E-state index in [1.807, 2.05) is 37.0 Å². The highest BCUT2D eigenvalue weighted by molar-refractivity contribution is 6.31. The fourth-order valence-electron chi connectivity index (χ4n) is 4.28. The van der Waals surface area contributed by atoms with Crippen molar-refractivity contribution in [3.05, 3.63) is 41.2 Å². The first-order chi connectivity index (χ1) is 17.2. The molecule has 0 unspecified atom stereocenters. The molecule has 1 aliphatic heterocycles. The Balaban J connectivity index is 1.46. The third-order valence-electron chi connectivity index (χ3n) is 6.28. The number of carbonyl (C=O) groups excluding carboxylic acids is 2. The van der Waals surface area contributed by atoms with E-state index in [0.717, 1.165) is 17.4 Å². The van der Waals surface area contributed by atoms with Crippen molar-refractivity contribution < 1.29 is 9.59 Å². The Morgan fingerprint density at radius 3 is 2.83 bits per heavy atom. The van der Waals surface area contributed by atoms with Gasteiger partial charge >= 0.3 is 0 Å².